The summed E-state index contributed by atoms with van der Waals surface area (Å²) in [5, 5.41) is 0. The molecule has 1 aliphatic rings. The van der Waals surface area contributed by atoms with Gasteiger partial charge in [-0.3, -0.25) is 9.78 Å². The molecule has 0 saturated carbocycles. The number of hydrogen-bond acceptors (Lipinski definition) is 3. The van der Waals surface area contributed by atoms with E-state index in [1.165, 1.54) is 16.7 Å². The molecule has 0 spiro atoms. The van der Waals surface area contributed by atoms with Crippen LogP contribution in [0.2, 0.25) is 0 Å². The van der Waals surface area contributed by atoms with Crippen LogP contribution in [0.25, 0.3) is 0 Å². The second kappa shape index (κ2) is 6.41. The molecule has 1 aromatic carbocycles. The van der Waals surface area contributed by atoms with Gasteiger partial charge in [-0.15, -0.1) is 0 Å². The summed E-state index contributed by atoms with van der Waals surface area (Å²) in [5.74, 6) is 0.176. The van der Waals surface area contributed by atoms with Gasteiger partial charge in [0, 0.05) is 25.5 Å². The van der Waals surface area contributed by atoms with E-state index in [4.69, 9.17) is 5.73 Å². The minimum absolute atomic E-state index is 0.412. The highest BCUT2D eigenvalue weighted by Crippen LogP contribution is 2.33. The quantitative estimate of drug-likeness (QED) is 0.947. The molecule has 4 nitrogen and oxygen atoms in total. The molecule has 0 atom stereocenters. The molecule has 0 unspecified atom stereocenters. The minimum Gasteiger partial charge on any atom is -0.371 e. The number of nitrogens with two attached hydrogens (primary N) is 1. The lowest BCUT2D eigenvalue weighted by Crippen LogP contribution is -2.34. The van der Waals surface area contributed by atoms with Crippen molar-refractivity contribution in [1.82, 2.24) is 4.98 Å². The number of benzene rings is 1. The molecule has 1 amide bonds. The lowest BCUT2D eigenvalue weighted by Gasteiger charge is -2.35. The Kier molecular flexibility index (Phi) is 4.33. The molecule has 2 aromatic rings. The third-order valence-electron chi connectivity index (χ3n) is 4.77. The van der Waals surface area contributed by atoms with Crippen LogP contribution in [0.5, 0.6) is 0 Å². The maximum absolute atomic E-state index is 11.6. The molecule has 0 aliphatic carbocycles. The van der Waals surface area contributed by atoms with Crippen molar-refractivity contribution in [2.24, 2.45) is 5.73 Å². The van der Waals surface area contributed by atoms with Crippen LogP contribution in [0.15, 0.2) is 36.7 Å². The second-order valence-electron chi connectivity index (χ2n) is 6.38. The van der Waals surface area contributed by atoms with Crippen molar-refractivity contribution >= 4 is 11.6 Å². The largest absolute Gasteiger partial charge is 0.371 e. The summed E-state index contributed by atoms with van der Waals surface area (Å²) in [7, 11) is 0. The summed E-state index contributed by atoms with van der Waals surface area (Å²) in [6, 6.07) is 8.59. The summed E-state index contributed by atoms with van der Waals surface area (Å²) < 4.78 is 0. The molecule has 0 radical (unpaired) electrons. The molecule has 2 N–H and O–H groups in total. The van der Waals surface area contributed by atoms with Gasteiger partial charge in [-0.1, -0.05) is 23.8 Å². The number of primary amides is 1. The third kappa shape index (κ3) is 3.21. The van der Waals surface area contributed by atoms with E-state index in [1.807, 2.05) is 6.07 Å². The summed E-state index contributed by atoms with van der Waals surface area (Å²) in [6.07, 6.45) is 5.46. The van der Waals surface area contributed by atoms with Crippen LogP contribution in [0, 0.1) is 13.8 Å². The Morgan fingerprint density at radius 1 is 1.22 bits per heavy atom. The molecule has 23 heavy (non-hydrogen) atoms. The zero-order valence-electron chi connectivity index (χ0n) is 13.7. The van der Waals surface area contributed by atoms with Crippen LogP contribution in [0.4, 0.5) is 5.69 Å². The fourth-order valence-corrected chi connectivity index (χ4v) is 3.48. The van der Waals surface area contributed by atoms with Gasteiger partial charge in [-0.2, -0.15) is 0 Å². The molecule has 4 heteroatoms. The van der Waals surface area contributed by atoms with E-state index in [1.54, 1.807) is 12.4 Å². The molecule has 120 valence electrons. The molecule has 1 saturated heterocycles. The van der Waals surface area contributed by atoms with Crippen molar-refractivity contribution in [1.29, 1.82) is 0 Å². The smallest absolute Gasteiger partial charge is 0.252 e. The van der Waals surface area contributed by atoms with Gasteiger partial charge in [-0.25, -0.2) is 0 Å². The number of amides is 1. The van der Waals surface area contributed by atoms with Gasteiger partial charge in [0.2, 0.25) is 0 Å². The first kappa shape index (κ1) is 15.5. The van der Waals surface area contributed by atoms with Gasteiger partial charge >= 0.3 is 0 Å². The Labute approximate surface area is 137 Å². The molecular weight excluding hydrogens is 286 g/mol. The van der Waals surface area contributed by atoms with Crippen LogP contribution in [-0.4, -0.2) is 24.0 Å². The van der Waals surface area contributed by atoms with E-state index >= 15 is 0 Å². The lowest BCUT2D eigenvalue weighted by molar-refractivity contribution is 0.100. The summed E-state index contributed by atoms with van der Waals surface area (Å²) >= 11 is 0. The Hall–Kier alpha value is -2.36. The number of hydrogen-bond donors (Lipinski definition) is 1. The molecule has 1 aliphatic heterocycles. The normalized spacial score (nSPS) is 15.7. The number of aryl methyl sites for hydroxylation is 2. The van der Waals surface area contributed by atoms with Crippen LogP contribution < -0.4 is 10.6 Å². The first-order valence-corrected chi connectivity index (χ1v) is 8.12. The number of carbonyl (C=O) groups excluding carboxylic acids is 1. The van der Waals surface area contributed by atoms with Crippen molar-refractivity contribution in [2.75, 3.05) is 18.0 Å². The van der Waals surface area contributed by atoms with E-state index < -0.39 is 5.91 Å². The second-order valence-corrected chi connectivity index (χ2v) is 6.38. The van der Waals surface area contributed by atoms with Crippen molar-refractivity contribution in [3.8, 4) is 0 Å². The van der Waals surface area contributed by atoms with Gasteiger partial charge in [0.05, 0.1) is 11.3 Å². The summed E-state index contributed by atoms with van der Waals surface area (Å²) in [6.45, 7) is 6.20. The summed E-state index contributed by atoms with van der Waals surface area (Å²) in [4.78, 5) is 17.9. The lowest BCUT2D eigenvalue weighted by atomic mass is 9.86. The van der Waals surface area contributed by atoms with E-state index in [-0.39, 0.29) is 0 Å². The van der Waals surface area contributed by atoms with E-state index in [2.05, 4.69) is 41.9 Å². The average Bonchev–Trinajstić information content (AvgIpc) is 2.57. The Morgan fingerprint density at radius 2 is 1.96 bits per heavy atom. The van der Waals surface area contributed by atoms with E-state index in [0.717, 1.165) is 31.6 Å². The zero-order valence-corrected chi connectivity index (χ0v) is 13.7. The van der Waals surface area contributed by atoms with E-state index in [9.17, 15) is 4.79 Å². The maximum Gasteiger partial charge on any atom is 0.252 e. The molecule has 2 heterocycles. The minimum atomic E-state index is -0.412. The van der Waals surface area contributed by atoms with Crippen LogP contribution >= 0.6 is 0 Å². The van der Waals surface area contributed by atoms with Crippen molar-refractivity contribution in [2.45, 2.75) is 32.6 Å². The molecule has 1 fully saturated rings. The van der Waals surface area contributed by atoms with Gasteiger partial charge in [-0.05, 0) is 49.8 Å². The fraction of sp³-hybridized carbons (Fsp3) is 0.368. The number of rotatable bonds is 3. The molecule has 1 aromatic heterocycles. The fourth-order valence-electron chi connectivity index (χ4n) is 3.48. The first-order chi connectivity index (χ1) is 11.1. The van der Waals surface area contributed by atoms with Crippen LogP contribution in [0.1, 0.15) is 45.8 Å². The molecular formula is C19H23N3O. The topological polar surface area (TPSA) is 59.2 Å². The average molecular weight is 309 g/mol. The van der Waals surface area contributed by atoms with Crippen molar-refractivity contribution < 1.29 is 4.79 Å². The molecule has 3 rings (SSSR count). The van der Waals surface area contributed by atoms with Gasteiger partial charge in [0.1, 0.15) is 0 Å². The van der Waals surface area contributed by atoms with Crippen molar-refractivity contribution in [3.63, 3.8) is 0 Å². The summed E-state index contributed by atoms with van der Waals surface area (Å²) in [5.41, 5.74) is 11.0. The number of anilines is 1. The molecule has 0 bridgehead atoms. The van der Waals surface area contributed by atoms with Gasteiger partial charge in [0.15, 0.2) is 0 Å². The predicted molar refractivity (Wildman–Crippen MR) is 92.9 cm³/mol. The number of piperidine rings is 1. The Balaban J connectivity index is 1.76. The Morgan fingerprint density at radius 3 is 2.65 bits per heavy atom. The highest BCUT2D eigenvalue weighted by molar-refractivity contribution is 5.98. The zero-order chi connectivity index (χ0) is 16.4. The SMILES string of the molecule is Cc1ccc(C)c(C2CCN(c3ccncc3C(N)=O)CC2)c1. The van der Waals surface area contributed by atoms with Crippen molar-refractivity contribution in [3.05, 3.63) is 58.9 Å². The van der Waals surface area contributed by atoms with Gasteiger partial charge < -0.3 is 10.6 Å². The maximum atomic E-state index is 11.6. The third-order valence-corrected chi connectivity index (χ3v) is 4.77. The predicted octanol–water partition coefficient (Wildman–Crippen LogP) is 3.18. The van der Waals surface area contributed by atoms with Crippen LogP contribution in [-0.2, 0) is 0 Å². The number of aromatic nitrogens is 1. The highest BCUT2D eigenvalue weighted by Gasteiger charge is 2.24. The van der Waals surface area contributed by atoms with Crippen LogP contribution in [0.3, 0.4) is 0 Å². The van der Waals surface area contributed by atoms with Gasteiger partial charge in [0.25, 0.3) is 5.91 Å². The standard InChI is InChI=1S/C19H23N3O/c1-13-3-4-14(2)16(11-13)15-6-9-22(10-7-15)18-5-8-21-12-17(18)19(20)23/h3-5,8,11-12,15H,6-7,9-10H2,1-2H3,(H2,20,23). The highest BCUT2D eigenvalue weighted by atomic mass is 16.1. The first-order valence-electron chi connectivity index (χ1n) is 8.12. The number of carbonyl (C=O) groups is 1. The number of pyridine rings is 1. The van der Waals surface area contributed by atoms with E-state index in [0.29, 0.717) is 11.5 Å². The number of nitrogens with zero attached hydrogens (tertiary/aromatic N) is 2. The monoisotopic (exact) mass is 309 g/mol. The Bertz CT molecular complexity index is 718.